The predicted octanol–water partition coefficient (Wildman–Crippen LogP) is 2.26. The van der Waals surface area contributed by atoms with Crippen LogP contribution in [0.4, 0.5) is 5.69 Å². The molecule has 6 heteroatoms. The van der Waals surface area contributed by atoms with Gasteiger partial charge in [-0.15, -0.1) is 10.2 Å². The molecule has 0 saturated heterocycles. The zero-order chi connectivity index (χ0) is 15.3. The fourth-order valence-electron chi connectivity index (χ4n) is 2.66. The van der Waals surface area contributed by atoms with Gasteiger partial charge in [0.05, 0.1) is 11.2 Å². The van der Waals surface area contributed by atoms with Crippen LogP contribution in [0.1, 0.15) is 16.2 Å². The van der Waals surface area contributed by atoms with Gasteiger partial charge in [-0.1, -0.05) is 18.2 Å². The third-order valence-electron chi connectivity index (χ3n) is 3.79. The molecule has 0 unspecified atom stereocenters. The van der Waals surface area contributed by atoms with Crippen LogP contribution in [0.2, 0.25) is 0 Å². The predicted molar refractivity (Wildman–Crippen MR) is 83.8 cm³/mol. The molecule has 0 spiro atoms. The van der Waals surface area contributed by atoms with E-state index in [9.17, 15) is 4.79 Å². The SMILES string of the molecule is Cc1nnc2cc(C(=O)n3cc(N)c4ccccc43)ccn12. The van der Waals surface area contributed by atoms with Gasteiger partial charge in [-0.05, 0) is 25.1 Å². The topological polar surface area (TPSA) is 78.2 Å². The van der Waals surface area contributed by atoms with E-state index in [0.717, 1.165) is 16.7 Å². The Morgan fingerprint density at radius 3 is 2.86 bits per heavy atom. The number of hydrogen-bond acceptors (Lipinski definition) is 4. The van der Waals surface area contributed by atoms with Crippen molar-refractivity contribution < 1.29 is 4.79 Å². The molecule has 0 amide bonds. The molecule has 2 N–H and O–H groups in total. The van der Waals surface area contributed by atoms with Crippen molar-refractivity contribution in [3.05, 3.63) is 60.2 Å². The van der Waals surface area contributed by atoms with Crippen molar-refractivity contribution >= 4 is 28.1 Å². The largest absolute Gasteiger partial charge is 0.397 e. The number of aromatic nitrogens is 4. The summed E-state index contributed by atoms with van der Waals surface area (Å²) in [6.07, 6.45) is 3.46. The van der Waals surface area contributed by atoms with Crippen molar-refractivity contribution in [3.8, 4) is 0 Å². The highest BCUT2D eigenvalue weighted by molar-refractivity contribution is 6.05. The Kier molecular flexibility index (Phi) is 2.53. The molecule has 4 rings (SSSR count). The van der Waals surface area contributed by atoms with Crippen LogP contribution in [0.25, 0.3) is 16.6 Å². The number of nitrogens with zero attached hydrogens (tertiary/aromatic N) is 4. The second-order valence-electron chi connectivity index (χ2n) is 5.17. The van der Waals surface area contributed by atoms with E-state index < -0.39 is 0 Å². The van der Waals surface area contributed by atoms with Gasteiger partial charge in [-0.3, -0.25) is 13.8 Å². The fourth-order valence-corrected chi connectivity index (χ4v) is 2.66. The third kappa shape index (κ3) is 1.70. The maximum absolute atomic E-state index is 12.8. The first kappa shape index (κ1) is 12.6. The average Bonchev–Trinajstić information content (AvgIpc) is 3.08. The van der Waals surface area contributed by atoms with E-state index in [1.165, 1.54) is 0 Å². The summed E-state index contributed by atoms with van der Waals surface area (Å²) in [6, 6.07) is 11.1. The molecule has 0 bridgehead atoms. The Morgan fingerprint density at radius 2 is 2.00 bits per heavy atom. The number of aryl methyl sites for hydroxylation is 1. The lowest BCUT2D eigenvalue weighted by Gasteiger charge is -2.04. The second kappa shape index (κ2) is 4.42. The van der Waals surface area contributed by atoms with Crippen molar-refractivity contribution in [1.29, 1.82) is 0 Å². The number of anilines is 1. The number of carbonyl (C=O) groups is 1. The fraction of sp³-hybridized carbons (Fsp3) is 0.0625. The third-order valence-corrected chi connectivity index (χ3v) is 3.79. The van der Waals surface area contributed by atoms with Crippen LogP contribution in [-0.4, -0.2) is 25.1 Å². The van der Waals surface area contributed by atoms with E-state index >= 15 is 0 Å². The number of fused-ring (bicyclic) bond motifs is 2. The van der Waals surface area contributed by atoms with Gasteiger partial charge in [0.15, 0.2) is 5.65 Å². The molecule has 0 aliphatic heterocycles. The quantitative estimate of drug-likeness (QED) is 0.583. The Morgan fingerprint density at radius 1 is 1.18 bits per heavy atom. The van der Waals surface area contributed by atoms with Crippen molar-refractivity contribution in [1.82, 2.24) is 19.2 Å². The van der Waals surface area contributed by atoms with Crippen LogP contribution >= 0.6 is 0 Å². The molecule has 4 aromatic rings. The minimum Gasteiger partial charge on any atom is -0.397 e. The number of pyridine rings is 1. The van der Waals surface area contributed by atoms with Crippen LogP contribution in [0.15, 0.2) is 48.8 Å². The van der Waals surface area contributed by atoms with Gasteiger partial charge in [0.1, 0.15) is 5.82 Å². The lowest BCUT2D eigenvalue weighted by Crippen LogP contribution is -2.11. The Hall–Kier alpha value is -3.15. The van der Waals surface area contributed by atoms with Gasteiger partial charge in [0.2, 0.25) is 0 Å². The van der Waals surface area contributed by atoms with Gasteiger partial charge >= 0.3 is 0 Å². The number of carbonyl (C=O) groups excluding carboxylic acids is 1. The molecule has 0 radical (unpaired) electrons. The van der Waals surface area contributed by atoms with Gasteiger partial charge in [0, 0.05) is 23.3 Å². The molecule has 0 atom stereocenters. The molecule has 0 aliphatic rings. The Bertz CT molecular complexity index is 1030. The molecule has 0 fully saturated rings. The summed E-state index contributed by atoms with van der Waals surface area (Å²) < 4.78 is 3.40. The smallest absolute Gasteiger partial charge is 0.262 e. The molecule has 3 aromatic heterocycles. The molecule has 6 nitrogen and oxygen atoms in total. The van der Waals surface area contributed by atoms with Crippen LogP contribution < -0.4 is 5.73 Å². The first-order valence-corrected chi connectivity index (χ1v) is 6.87. The summed E-state index contributed by atoms with van der Waals surface area (Å²) in [5.74, 6) is 0.640. The number of nitrogen functional groups attached to an aromatic ring is 1. The first-order chi connectivity index (χ1) is 10.6. The van der Waals surface area contributed by atoms with Crippen molar-refractivity contribution in [2.24, 2.45) is 0 Å². The van der Waals surface area contributed by atoms with Crippen LogP contribution in [0, 0.1) is 6.92 Å². The number of hydrogen-bond donors (Lipinski definition) is 1. The van der Waals surface area contributed by atoms with E-state index in [0.29, 0.717) is 16.9 Å². The summed E-state index contributed by atoms with van der Waals surface area (Å²) in [5, 5.41) is 8.92. The average molecular weight is 291 g/mol. The molecule has 0 aliphatic carbocycles. The second-order valence-corrected chi connectivity index (χ2v) is 5.17. The Balaban J connectivity index is 1.88. The zero-order valence-corrected chi connectivity index (χ0v) is 11.9. The molecule has 1 aromatic carbocycles. The lowest BCUT2D eigenvalue weighted by molar-refractivity contribution is 0.0965. The van der Waals surface area contributed by atoms with Crippen molar-refractivity contribution in [3.63, 3.8) is 0 Å². The monoisotopic (exact) mass is 291 g/mol. The van der Waals surface area contributed by atoms with Crippen molar-refractivity contribution in [2.45, 2.75) is 6.92 Å². The molecule has 3 heterocycles. The lowest BCUT2D eigenvalue weighted by atomic mass is 10.2. The molecule has 108 valence electrons. The number of rotatable bonds is 1. The maximum atomic E-state index is 12.8. The van der Waals surface area contributed by atoms with E-state index in [2.05, 4.69) is 10.2 Å². The molecular formula is C16H13N5O. The Labute approximate surface area is 125 Å². The van der Waals surface area contributed by atoms with E-state index in [-0.39, 0.29) is 5.91 Å². The summed E-state index contributed by atoms with van der Waals surface area (Å²) >= 11 is 0. The van der Waals surface area contributed by atoms with Gasteiger partial charge in [-0.25, -0.2) is 0 Å². The molecule has 0 saturated carbocycles. The summed E-state index contributed by atoms with van der Waals surface area (Å²) in [4.78, 5) is 12.8. The van der Waals surface area contributed by atoms with E-state index in [1.54, 1.807) is 29.1 Å². The normalized spacial score (nSPS) is 11.3. The van der Waals surface area contributed by atoms with Crippen LogP contribution in [-0.2, 0) is 0 Å². The highest BCUT2D eigenvalue weighted by atomic mass is 16.2. The highest BCUT2D eigenvalue weighted by Crippen LogP contribution is 2.24. The summed E-state index contributed by atoms with van der Waals surface area (Å²) in [7, 11) is 0. The minimum absolute atomic E-state index is 0.143. The summed E-state index contributed by atoms with van der Waals surface area (Å²) in [6.45, 7) is 1.86. The van der Waals surface area contributed by atoms with Gasteiger partial charge in [-0.2, -0.15) is 0 Å². The number of para-hydroxylation sites is 1. The first-order valence-electron chi connectivity index (χ1n) is 6.87. The molecular weight excluding hydrogens is 278 g/mol. The van der Waals surface area contributed by atoms with Gasteiger partial charge < -0.3 is 5.73 Å². The standard InChI is InChI=1S/C16H13N5O/c1-10-18-19-15-8-11(6-7-20(10)15)16(22)21-9-13(17)12-4-2-3-5-14(12)21/h2-9H,17H2,1H3. The van der Waals surface area contributed by atoms with Crippen LogP contribution in [0.3, 0.4) is 0 Å². The highest BCUT2D eigenvalue weighted by Gasteiger charge is 2.15. The van der Waals surface area contributed by atoms with E-state index in [4.69, 9.17) is 5.73 Å². The number of nitrogens with two attached hydrogens (primary N) is 1. The van der Waals surface area contributed by atoms with E-state index in [1.807, 2.05) is 35.6 Å². The zero-order valence-electron chi connectivity index (χ0n) is 11.9. The van der Waals surface area contributed by atoms with Crippen LogP contribution in [0.5, 0.6) is 0 Å². The maximum Gasteiger partial charge on any atom is 0.262 e. The summed E-state index contributed by atoms with van der Waals surface area (Å²) in [5.41, 5.74) is 8.56. The van der Waals surface area contributed by atoms with Gasteiger partial charge in [0.25, 0.3) is 5.91 Å². The number of benzene rings is 1. The minimum atomic E-state index is -0.143. The van der Waals surface area contributed by atoms with Crippen molar-refractivity contribution in [2.75, 3.05) is 5.73 Å². The molecule has 22 heavy (non-hydrogen) atoms.